The molecule has 1 aliphatic carbocycles. The van der Waals surface area contributed by atoms with Crippen LogP contribution in [0, 0.1) is 0 Å². The first kappa shape index (κ1) is 15.0. The maximum Gasteiger partial charge on any atom is 0.160 e. The number of aromatic nitrogens is 3. The summed E-state index contributed by atoms with van der Waals surface area (Å²) in [6.07, 6.45) is 6.44. The number of hydrogen-bond donors (Lipinski definition) is 2. The van der Waals surface area contributed by atoms with E-state index in [1.54, 1.807) is 0 Å². The number of nitrogens with two attached hydrogens (primary N) is 1. The fourth-order valence-corrected chi connectivity index (χ4v) is 3.72. The molecule has 0 saturated heterocycles. The summed E-state index contributed by atoms with van der Waals surface area (Å²) >= 11 is 0. The molecule has 1 aliphatic rings. The average molecular weight is 321 g/mol. The number of hydrogen-bond acceptors (Lipinski definition) is 4. The minimum atomic E-state index is 0.503. The van der Waals surface area contributed by atoms with Gasteiger partial charge in [0.05, 0.1) is 5.39 Å². The van der Waals surface area contributed by atoms with E-state index in [0.717, 1.165) is 28.0 Å². The summed E-state index contributed by atoms with van der Waals surface area (Å²) in [7, 11) is 2.15. The van der Waals surface area contributed by atoms with Gasteiger partial charge in [0.2, 0.25) is 0 Å². The highest BCUT2D eigenvalue weighted by Gasteiger charge is 2.21. The Balaban J connectivity index is 1.83. The Morgan fingerprint density at radius 1 is 1.12 bits per heavy atom. The number of nitrogens with zero attached hydrogens (tertiary/aromatic N) is 3. The Labute approximate surface area is 141 Å². The third kappa shape index (κ3) is 2.60. The second kappa shape index (κ2) is 6.15. The number of fused-ring (bicyclic) bond motifs is 1. The molecule has 0 unspecified atom stereocenters. The number of pyridine rings is 1. The standard InChI is InChI=1S/C19H23N5/c1-24(14-10-6-3-7-11-14)16-12-15(13-8-4-2-5-9-13)17-18(20)22-23-19(17)21-16/h2,4-5,8-9,12,14H,3,6-7,10-11H2,1H3,(H3,20,21,22,23). The summed E-state index contributed by atoms with van der Waals surface area (Å²) in [6, 6.07) is 13.0. The third-order valence-electron chi connectivity index (χ3n) is 5.11. The van der Waals surface area contributed by atoms with E-state index in [2.05, 4.69) is 40.3 Å². The van der Waals surface area contributed by atoms with Crippen molar-refractivity contribution in [3.63, 3.8) is 0 Å². The minimum Gasteiger partial charge on any atom is -0.382 e. The summed E-state index contributed by atoms with van der Waals surface area (Å²) in [5, 5.41) is 8.05. The average Bonchev–Trinajstić information content (AvgIpc) is 3.03. The van der Waals surface area contributed by atoms with Crippen LogP contribution in [-0.2, 0) is 0 Å². The molecule has 5 nitrogen and oxygen atoms in total. The summed E-state index contributed by atoms with van der Waals surface area (Å²) in [5.74, 6) is 1.49. The Bertz CT molecular complexity index is 834. The molecule has 1 saturated carbocycles. The van der Waals surface area contributed by atoms with Crippen LogP contribution in [0.5, 0.6) is 0 Å². The van der Waals surface area contributed by atoms with Crippen molar-refractivity contribution in [2.45, 2.75) is 38.1 Å². The van der Waals surface area contributed by atoms with E-state index in [1.807, 2.05) is 18.2 Å². The molecule has 0 radical (unpaired) electrons. The lowest BCUT2D eigenvalue weighted by molar-refractivity contribution is 0.426. The van der Waals surface area contributed by atoms with Crippen molar-refractivity contribution in [3.05, 3.63) is 36.4 Å². The van der Waals surface area contributed by atoms with Gasteiger partial charge >= 0.3 is 0 Å². The molecular formula is C19H23N5. The Morgan fingerprint density at radius 2 is 1.88 bits per heavy atom. The van der Waals surface area contributed by atoms with Crippen LogP contribution in [0.1, 0.15) is 32.1 Å². The normalized spacial score (nSPS) is 15.7. The van der Waals surface area contributed by atoms with E-state index in [-0.39, 0.29) is 0 Å². The number of anilines is 2. The lowest BCUT2D eigenvalue weighted by Gasteiger charge is -2.32. The van der Waals surface area contributed by atoms with Crippen LogP contribution in [0.15, 0.2) is 36.4 Å². The van der Waals surface area contributed by atoms with Crippen molar-refractivity contribution < 1.29 is 0 Å². The monoisotopic (exact) mass is 321 g/mol. The van der Waals surface area contributed by atoms with Crippen molar-refractivity contribution in [2.75, 3.05) is 17.7 Å². The van der Waals surface area contributed by atoms with Crippen LogP contribution in [0.2, 0.25) is 0 Å². The van der Waals surface area contributed by atoms with Gasteiger partial charge in [0.25, 0.3) is 0 Å². The predicted octanol–water partition coefficient (Wildman–Crippen LogP) is 3.98. The predicted molar refractivity (Wildman–Crippen MR) is 99.0 cm³/mol. The molecule has 0 atom stereocenters. The lowest BCUT2D eigenvalue weighted by Crippen LogP contribution is -2.33. The van der Waals surface area contributed by atoms with Gasteiger partial charge in [-0.1, -0.05) is 49.6 Å². The molecule has 0 spiro atoms. The van der Waals surface area contributed by atoms with Crippen molar-refractivity contribution in [2.24, 2.45) is 0 Å². The largest absolute Gasteiger partial charge is 0.382 e. The van der Waals surface area contributed by atoms with Crippen LogP contribution in [0.3, 0.4) is 0 Å². The molecule has 3 N–H and O–H groups in total. The summed E-state index contributed by atoms with van der Waals surface area (Å²) in [6.45, 7) is 0. The fraction of sp³-hybridized carbons (Fsp3) is 0.368. The zero-order chi connectivity index (χ0) is 16.5. The van der Waals surface area contributed by atoms with Gasteiger partial charge in [0.15, 0.2) is 11.5 Å². The van der Waals surface area contributed by atoms with E-state index in [9.17, 15) is 0 Å². The molecule has 24 heavy (non-hydrogen) atoms. The molecule has 4 rings (SSSR count). The van der Waals surface area contributed by atoms with Gasteiger partial charge in [0.1, 0.15) is 5.82 Å². The van der Waals surface area contributed by atoms with E-state index in [4.69, 9.17) is 10.7 Å². The highest BCUT2D eigenvalue weighted by molar-refractivity contribution is 6.01. The van der Waals surface area contributed by atoms with Crippen molar-refractivity contribution >= 4 is 22.7 Å². The zero-order valence-corrected chi connectivity index (χ0v) is 14.0. The summed E-state index contributed by atoms with van der Waals surface area (Å²) in [4.78, 5) is 7.11. The van der Waals surface area contributed by atoms with Gasteiger partial charge in [0, 0.05) is 18.7 Å². The molecule has 1 fully saturated rings. The smallest absolute Gasteiger partial charge is 0.160 e. The molecule has 3 aromatic rings. The van der Waals surface area contributed by atoms with Gasteiger partial charge in [-0.3, -0.25) is 5.10 Å². The van der Waals surface area contributed by atoms with Gasteiger partial charge in [-0.15, -0.1) is 0 Å². The molecule has 0 bridgehead atoms. The summed E-state index contributed by atoms with van der Waals surface area (Å²) < 4.78 is 0. The maximum absolute atomic E-state index is 6.09. The maximum atomic E-state index is 6.09. The quantitative estimate of drug-likeness (QED) is 0.765. The highest BCUT2D eigenvalue weighted by Crippen LogP contribution is 2.34. The molecule has 2 aromatic heterocycles. The number of benzene rings is 1. The van der Waals surface area contributed by atoms with Crippen LogP contribution in [-0.4, -0.2) is 28.3 Å². The minimum absolute atomic E-state index is 0.503. The van der Waals surface area contributed by atoms with Crippen LogP contribution in [0.4, 0.5) is 11.6 Å². The first-order valence-electron chi connectivity index (χ1n) is 8.67. The van der Waals surface area contributed by atoms with Gasteiger partial charge in [-0.05, 0) is 24.5 Å². The fourth-order valence-electron chi connectivity index (χ4n) is 3.72. The highest BCUT2D eigenvalue weighted by atomic mass is 15.2. The lowest BCUT2D eigenvalue weighted by atomic mass is 9.94. The number of H-pyrrole nitrogens is 1. The van der Waals surface area contributed by atoms with Gasteiger partial charge in [-0.25, -0.2) is 4.98 Å². The van der Waals surface area contributed by atoms with E-state index < -0.39 is 0 Å². The van der Waals surface area contributed by atoms with Crippen LogP contribution in [0.25, 0.3) is 22.2 Å². The molecule has 2 heterocycles. The van der Waals surface area contributed by atoms with E-state index >= 15 is 0 Å². The second-order valence-corrected chi connectivity index (χ2v) is 6.63. The molecular weight excluding hydrogens is 298 g/mol. The molecule has 5 heteroatoms. The van der Waals surface area contributed by atoms with Crippen LogP contribution >= 0.6 is 0 Å². The first-order chi connectivity index (χ1) is 11.7. The molecule has 124 valence electrons. The zero-order valence-electron chi connectivity index (χ0n) is 14.0. The van der Waals surface area contributed by atoms with Crippen molar-refractivity contribution in [1.29, 1.82) is 0 Å². The number of rotatable bonds is 3. The Hall–Kier alpha value is -2.56. The number of nitrogen functional groups attached to an aromatic ring is 1. The van der Waals surface area contributed by atoms with Gasteiger partial charge < -0.3 is 10.6 Å². The van der Waals surface area contributed by atoms with Crippen molar-refractivity contribution in [1.82, 2.24) is 15.2 Å². The van der Waals surface area contributed by atoms with E-state index in [1.165, 1.54) is 32.1 Å². The SMILES string of the molecule is CN(c1cc(-c2ccccc2)c2c(N)n[nH]c2n1)C1CCCCC1. The topological polar surface area (TPSA) is 70.8 Å². The van der Waals surface area contributed by atoms with E-state index in [0.29, 0.717) is 11.9 Å². The second-order valence-electron chi connectivity index (χ2n) is 6.63. The third-order valence-corrected chi connectivity index (χ3v) is 5.11. The molecule has 1 aromatic carbocycles. The number of aromatic amines is 1. The Kier molecular flexibility index (Phi) is 3.84. The Morgan fingerprint density at radius 3 is 2.62 bits per heavy atom. The molecule has 0 amide bonds. The van der Waals surface area contributed by atoms with Crippen molar-refractivity contribution in [3.8, 4) is 11.1 Å². The number of nitrogens with one attached hydrogen (secondary N) is 1. The molecule has 0 aliphatic heterocycles. The van der Waals surface area contributed by atoms with Gasteiger partial charge in [-0.2, -0.15) is 5.10 Å². The first-order valence-corrected chi connectivity index (χ1v) is 8.67. The summed E-state index contributed by atoms with van der Waals surface area (Å²) in [5.41, 5.74) is 9.07. The van der Waals surface area contributed by atoms with Crippen LogP contribution < -0.4 is 10.6 Å².